The summed E-state index contributed by atoms with van der Waals surface area (Å²) in [7, 11) is 1.33. The van der Waals surface area contributed by atoms with Gasteiger partial charge in [0.05, 0.1) is 12.1 Å². The molecule has 0 aromatic heterocycles. The van der Waals surface area contributed by atoms with E-state index in [1.807, 2.05) is 19.1 Å². The summed E-state index contributed by atoms with van der Waals surface area (Å²) in [6, 6.07) is 5.49. The van der Waals surface area contributed by atoms with Crippen LogP contribution in [0.5, 0.6) is 5.75 Å². The molecule has 1 unspecified atom stereocenters. The standard InChI is InChI=1S/C13H18ClNO3/c1-4-15-8-10-6-5-7-11(14)12(10)18-9(2)13(16)17-3/h5-7,9,15H,4,8H2,1-3H3. The Hall–Kier alpha value is -1.26. The summed E-state index contributed by atoms with van der Waals surface area (Å²) < 4.78 is 10.2. The average Bonchev–Trinajstić information content (AvgIpc) is 2.38. The minimum absolute atomic E-state index is 0.427. The number of nitrogens with one attached hydrogen (secondary N) is 1. The van der Waals surface area contributed by atoms with Crippen molar-refractivity contribution in [2.24, 2.45) is 0 Å². The molecule has 1 aromatic rings. The Kier molecular flexibility index (Phi) is 5.95. The lowest BCUT2D eigenvalue weighted by molar-refractivity contribution is -0.147. The van der Waals surface area contributed by atoms with Crippen molar-refractivity contribution in [2.75, 3.05) is 13.7 Å². The summed E-state index contributed by atoms with van der Waals surface area (Å²) in [6.07, 6.45) is -0.685. The normalized spacial score (nSPS) is 12.0. The Morgan fingerprint density at radius 2 is 2.22 bits per heavy atom. The number of carbonyl (C=O) groups excluding carboxylic acids is 1. The lowest BCUT2D eigenvalue weighted by Gasteiger charge is -2.17. The number of methoxy groups -OCH3 is 1. The van der Waals surface area contributed by atoms with Crippen LogP contribution in [0, 0.1) is 0 Å². The highest BCUT2D eigenvalue weighted by Gasteiger charge is 2.18. The largest absolute Gasteiger partial charge is 0.477 e. The van der Waals surface area contributed by atoms with Gasteiger partial charge in [0.2, 0.25) is 0 Å². The van der Waals surface area contributed by atoms with Gasteiger partial charge < -0.3 is 14.8 Å². The number of carbonyl (C=O) groups is 1. The van der Waals surface area contributed by atoms with Gasteiger partial charge >= 0.3 is 5.97 Å². The van der Waals surface area contributed by atoms with E-state index in [2.05, 4.69) is 10.1 Å². The molecular formula is C13H18ClNO3. The molecule has 0 bridgehead atoms. The topological polar surface area (TPSA) is 47.6 Å². The van der Waals surface area contributed by atoms with Crippen LogP contribution in [0.25, 0.3) is 0 Å². The molecule has 0 saturated carbocycles. The molecule has 0 saturated heterocycles. The number of esters is 1. The Morgan fingerprint density at radius 3 is 2.83 bits per heavy atom. The van der Waals surface area contributed by atoms with E-state index in [1.54, 1.807) is 13.0 Å². The molecule has 1 rings (SSSR count). The van der Waals surface area contributed by atoms with Crippen LogP contribution in [-0.4, -0.2) is 25.7 Å². The Labute approximate surface area is 112 Å². The van der Waals surface area contributed by atoms with E-state index in [4.69, 9.17) is 16.3 Å². The molecule has 0 aliphatic carbocycles. The van der Waals surface area contributed by atoms with E-state index in [0.29, 0.717) is 17.3 Å². The highest BCUT2D eigenvalue weighted by atomic mass is 35.5. The smallest absolute Gasteiger partial charge is 0.346 e. The molecule has 0 fully saturated rings. The molecule has 1 aromatic carbocycles. The highest BCUT2D eigenvalue weighted by molar-refractivity contribution is 6.32. The van der Waals surface area contributed by atoms with E-state index in [-0.39, 0.29) is 0 Å². The Morgan fingerprint density at radius 1 is 1.50 bits per heavy atom. The van der Waals surface area contributed by atoms with Crippen LogP contribution in [0.4, 0.5) is 0 Å². The van der Waals surface area contributed by atoms with E-state index in [1.165, 1.54) is 7.11 Å². The molecule has 0 aliphatic heterocycles. The Bertz CT molecular complexity index is 409. The molecule has 0 radical (unpaired) electrons. The van der Waals surface area contributed by atoms with Crippen LogP contribution in [-0.2, 0) is 16.1 Å². The van der Waals surface area contributed by atoms with Gasteiger partial charge in [0.25, 0.3) is 0 Å². The number of hydrogen-bond donors (Lipinski definition) is 1. The van der Waals surface area contributed by atoms with Gasteiger partial charge in [-0.15, -0.1) is 0 Å². The van der Waals surface area contributed by atoms with Crippen molar-refractivity contribution in [3.8, 4) is 5.75 Å². The fraction of sp³-hybridized carbons (Fsp3) is 0.462. The molecule has 1 N–H and O–H groups in total. The number of benzene rings is 1. The maximum absolute atomic E-state index is 11.3. The zero-order valence-corrected chi connectivity index (χ0v) is 11.6. The second kappa shape index (κ2) is 7.24. The summed E-state index contributed by atoms with van der Waals surface area (Å²) >= 11 is 6.10. The van der Waals surface area contributed by atoms with Gasteiger partial charge in [0, 0.05) is 12.1 Å². The van der Waals surface area contributed by atoms with Crippen molar-refractivity contribution in [2.45, 2.75) is 26.5 Å². The lowest BCUT2D eigenvalue weighted by Crippen LogP contribution is -2.26. The summed E-state index contributed by atoms with van der Waals surface area (Å²) in [5.74, 6) is 0.0994. The van der Waals surface area contributed by atoms with Gasteiger partial charge in [-0.2, -0.15) is 0 Å². The number of para-hydroxylation sites is 1. The minimum atomic E-state index is -0.685. The molecule has 0 spiro atoms. The quantitative estimate of drug-likeness (QED) is 0.807. The summed E-state index contributed by atoms with van der Waals surface area (Å²) in [5.41, 5.74) is 0.917. The predicted octanol–water partition coefficient (Wildman–Crippen LogP) is 2.39. The van der Waals surface area contributed by atoms with Crippen LogP contribution < -0.4 is 10.1 Å². The van der Waals surface area contributed by atoms with E-state index in [9.17, 15) is 4.79 Å². The van der Waals surface area contributed by atoms with Crippen molar-refractivity contribution < 1.29 is 14.3 Å². The van der Waals surface area contributed by atoms with Crippen LogP contribution in [0.1, 0.15) is 19.4 Å². The third-order valence-corrected chi connectivity index (χ3v) is 2.74. The minimum Gasteiger partial charge on any atom is -0.477 e. The monoisotopic (exact) mass is 271 g/mol. The van der Waals surface area contributed by atoms with Crippen molar-refractivity contribution in [3.63, 3.8) is 0 Å². The van der Waals surface area contributed by atoms with E-state index >= 15 is 0 Å². The third kappa shape index (κ3) is 3.89. The van der Waals surface area contributed by atoms with Crippen molar-refractivity contribution in [3.05, 3.63) is 28.8 Å². The molecule has 18 heavy (non-hydrogen) atoms. The highest BCUT2D eigenvalue weighted by Crippen LogP contribution is 2.29. The fourth-order valence-corrected chi connectivity index (χ4v) is 1.71. The van der Waals surface area contributed by atoms with E-state index < -0.39 is 12.1 Å². The molecule has 0 amide bonds. The first kappa shape index (κ1) is 14.8. The summed E-state index contributed by atoms with van der Waals surface area (Å²) in [5, 5.41) is 3.68. The number of rotatable bonds is 6. The zero-order chi connectivity index (χ0) is 13.5. The molecule has 100 valence electrons. The van der Waals surface area contributed by atoms with Crippen molar-refractivity contribution in [1.29, 1.82) is 0 Å². The first-order valence-electron chi connectivity index (χ1n) is 5.82. The molecule has 0 aliphatic rings. The first-order chi connectivity index (χ1) is 8.60. The lowest BCUT2D eigenvalue weighted by atomic mass is 10.2. The number of ether oxygens (including phenoxy) is 2. The number of halogens is 1. The molecule has 5 heteroatoms. The van der Waals surface area contributed by atoms with Gasteiger partial charge in [-0.1, -0.05) is 30.7 Å². The van der Waals surface area contributed by atoms with E-state index in [0.717, 1.165) is 12.1 Å². The SMILES string of the molecule is CCNCc1cccc(Cl)c1OC(C)C(=O)OC. The zero-order valence-electron chi connectivity index (χ0n) is 10.8. The first-order valence-corrected chi connectivity index (χ1v) is 6.20. The molecular weight excluding hydrogens is 254 g/mol. The molecule has 1 atom stereocenters. The van der Waals surface area contributed by atoms with Crippen molar-refractivity contribution >= 4 is 17.6 Å². The van der Waals surface area contributed by atoms with Gasteiger partial charge in [0.15, 0.2) is 6.10 Å². The second-order valence-corrected chi connectivity index (χ2v) is 4.20. The van der Waals surface area contributed by atoms with Crippen LogP contribution in [0.3, 0.4) is 0 Å². The van der Waals surface area contributed by atoms with Gasteiger partial charge in [-0.05, 0) is 19.5 Å². The van der Waals surface area contributed by atoms with Crippen LogP contribution >= 0.6 is 11.6 Å². The summed E-state index contributed by atoms with van der Waals surface area (Å²) in [6.45, 7) is 5.13. The van der Waals surface area contributed by atoms with Crippen LogP contribution in [0.15, 0.2) is 18.2 Å². The average molecular weight is 272 g/mol. The summed E-state index contributed by atoms with van der Waals surface area (Å²) in [4.78, 5) is 11.3. The molecule has 0 heterocycles. The molecule has 4 nitrogen and oxygen atoms in total. The maximum atomic E-state index is 11.3. The van der Waals surface area contributed by atoms with Crippen LogP contribution in [0.2, 0.25) is 5.02 Å². The second-order valence-electron chi connectivity index (χ2n) is 3.79. The maximum Gasteiger partial charge on any atom is 0.346 e. The Balaban J connectivity index is 2.88. The third-order valence-electron chi connectivity index (χ3n) is 2.44. The number of hydrogen-bond acceptors (Lipinski definition) is 4. The fourth-order valence-electron chi connectivity index (χ4n) is 1.48. The van der Waals surface area contributed by atoms with Gasteiger partial charge in [-0.25, -0.2) is 4.79 Å². The van der Waals surface area contributed by atoms with Gasteiger partial charge in [0.1, 0.15) is 5.75 Å². The predicted molar refractivity (Wildman–Crippen MR) is 70.9 cm³/mol. The van der Waals surface area contributed by atoms with Crippen molar-refractivity contribution in [1.82, 2.24) is 5.32 Å². The van der Waals surface area contributed by atoms with Gasteiger partial charge in [-0.3, -0.25) is 0 Å².